The second kappa shape index (κ2) is 3.66. The number of hydrogen-bond acceptors (Lipinski definition) is 4. The first-order chi connectivity index (χ1) is 7.04. The van der Waals surface area contributed by atoms with Crippen molar-refractivity contribution in [2.45, 2.75) is 12.5 Å². The maximum absolute atomic E-state index is 9.20. The fraction of sp³-hybridized carbons (Fsp3) is 0.400. The summed E-state index contributed by atoms with van der Waals surface area (Å²) in [5.74, 6) is 1.36. The summed E-state index contributed by atoms with van der Waals surface area (Å²) in [7, 11) is 0. The molecule has 0 bridgehead atoms. The predicted molar refractivity (Wildman–Crippen MR) is 58.9 cm³/mol. The molecule has 1 heterocycles. The van der Waals surface area contributed by atoms with Crippen molar-refractivity contribution in [2.24, 2.45) is 5.73 Å². The van der Waals surface area contributed by atoms with Crippen molar-refractivity contribution in [3.05, 3.63) is 22.2 Å². The van der Waals surface area contributed by atoms with Gasteiger partial charge in [-0.1, -0.05) is 15.9 Å². The minimum Gasteiger partial charge on any atom is -0.454 e. The highest BCUT2D eigenvalue weighted by Crippen LogP contribution is 2.39. The predicted octanol–water partition coefficient (Wildman–Crippen LogP) is 1.34. The van der Waals surface area contributed by atoms with Crippen LogP contribution in [0.4, 0.5) is 0 Å². The molecular weight excluding hydrogens is 262 g/mol. The highest BCUT2D eigenvalue weighted by molar-refractivity contribution is 9.10. The van der Waals surface area contributed by atoms with E-state index >= 15 is 0 Å². The molecule has 0 saturated carbocycles. The lowest BCUT2D eigenvalue weighted by atomic mass is 9.94. The standard InChI is InChI=1S/C10H12BrNO3/c1-10(12,4-13)6-2-8-9(3-7(6)11)15-5-14-8/h2-3,13H,4-5,12H2,1H3. The molecule has 1 atom stereocenters. The van der Waals surface area contributed by atoms with E-state index in [0.717, 1.165) is 10.0 Å². The van der Waals surface area contributed by atoms with Gasteiger partial charge < -0.3 is 20.3 Å². The van der Waals surface area contributed by atoms with Crippen LogP contribution in [0.1, 0.15) is 12.5 Å². The van der Waals surface area contributed by atoms with Crippen molar-refractivity contribution in [3.8, 4) is 11.5 Å². The number of hydrogen-bond donors (Lipinski definition) is 2. The third kappa shape index (κ3) is 1.82. The number of nitrogens with two attached hydrogens (primary N) is 1. The second-order valence-corrected chi connectivity index (χ2v) is 4.62. The molecule has 1 aromatic rings. The van der Waals surface area contributed by atoms with E-state index in [-0.39, 0.29) is 13.4 Å². The van der Waals surface area contributed by atoms with Crippen LogP contribution in [0.15, 0.2) is 16.6 Å². The summed E-state index contributed by atoms with van der Waals surface area (Å²) >= 11 is 3.40. The number of rotatable bonds is 2. The van der Waals surface area contributed by atoms with Gasteiger partial charge in [0.05, 0.1) is 12.1 Å². The fourth-order valence-corrected chi connectivity index (χ4v) is 2.22. The summed E-state index contributed by atoms with van der Waals surface area (Å²) in [5, 5.41) is 9.20. The van der Waals surface area contributed by atoms with Gasteiger partial charge in [-0.05, 0) is 24.6 Å². The lowest BCUT2D eigenvalue weighted by Gasteiger charge is -2.23. The third-order valence-corrected chi connectivity index (χ3v) is 3.06. The Bertz CT molecular complexity index is 392. The van der Waals surface area contributed by atoms with Gasteiger partial charge in [-0.2, -0.15) is 0 Å². The van der Waals surface area contributed by atoms with Crippen molar-refractivity contribution in [1.82, 2.24) is 0 Å². The third-order valence-electron chi connectivity index (χ3n) is 2.41. The van der Waals surface area contributed by atoms with Crippen molar-refractivity contribution in [2.75, 3.05) is 13.4 Å². The minimum absolute atomic E-state index is 0.134. The first-order valence-corrected chi connectivity index (χ1v) is 5.33. The SMILES string of the molecule is CC(N)(CO)c1cc2c(cc1Br)OCO2. The molecule has 1 unspecified atom stereocenters. The first kappa shape index (κ1) is 10.7. The summed E-state index contributed by atoms with van der Waals surface area (Å²) < 4.78 is 11.3. The topological polar surface area (TPSA) is 64.7 Å². The van der Waals surface area contributed by atoms with Crippen molar-refractivity contribution in [1.29, 1.82) is 0 Å². The summed E-state index contributed by atoms with van der Waals surface area (Å²) in [4.78, 5) is 0. The Morgan fingerprint density at radius 1 is 1.47 bits per heavy atom. The molecular formula is C10H12BrNO3. The van der Waals surface area contributed by atoms with E-state index in [1.54, 1.807) is 19.1 Å². The Hall–Kier alpha value is -0.780. The number of aliphatic hydroxyl groups excluding tert-OH is 1. The summed E-state index contributed by atoms with van der Waals surface area (Å²) in [6.07, 6.45) is 0. The number of benzene rings is 1. The van der Waals surface area contributed by atoms with Crippen LogP contribution in [0, 0.1) is 0 Å². The minimum atomic E-state index is -0.792. The molecule has 0 radical (unpaired) electrons. The molecule has 15 heavy (non-hydrogen) atoms. The molecule has 5 heteroatoms. The monoisotopic (exact) mass is 273 g/mol. The molecule has 0 saturated heterocycles. The van der Waals surface area contributed by atoms with E-state index in [9.17, 15) is 5.11 Å². The number of fused-ring (bicyclic) bond motifs is 1. The average Bonchev–Trinajstić information content (AvgIpc) is 2.63. The molecule has 2 rings (SSSR count). The van der Waals surface area contributed by atoms with Gasteiger partial charge in [0.15, 0.2) is 11.5 Å². The molecule has 1 aliphatic rings. The van der Waals surface area contributed by atoms with Gasteiger partial charge in [-0.25, -0.2) is 0 Å². The normalized spacial score (nSPS) is 17.6. The van der Waals surface area contributed by atoms with Crippen LogP contribution in [-0.4, -0.2) is 18.5 Å². The van der Waals surface area contributed by atoms with Crippen LogP contribution in [0.2, 0.25) is 0 Å². The zero-order valence-electron chi connectivity index (χ0n) is 8.29. The van der Waals surface area contributed by atoms with Crippen LogP contribution < -0.4 is 15.2 Å². The van der Waals surface area contributed by atoms with Gasteiger partial charge in [0.2, 0.25) is 6.79 Å². The van der Waals surface area contributed by atoms with Crippen molar-refractivity contribution >= 4 is 15.9 Å². The smallest absolute Gasteiger partial charge is 0.231 e. The van der Waals surface area contributed by atoms with E-state index in [0.29, 0.717) is 11.5 Å². The Labute approximate surface area is 96.1 Å². The van der Waals surface area contributed by atoms with E-state index in [1.807, 2.05) is 0 Å². The van der Waals surface area contributed by atoms with Gasteiger partial charge in [0.25, 0.3) is 0 Å². The largest absolute Gasteiger partial charge is 0.454 e. The molecule has 3 N–H and O–H groups in total. The summed E-state index contributed by atoms with van der Waals surface area (Å²) in [5.41, 5.74) is 5.96. The van der Waals surface area contributed by atoms with Crippen LogP contribution >= 0.6 is 15.9 Å². The Morgan fingerprint density at radius 3 is 2.67 bits per heavy atom. The molecule has 0 spiro atoms. The molecule has 0 fully saturated rings. The zero-order valence-corrected chi connectivity index (χ0v) is 9.87. The Balaban J connectivity index is 2.49. The van der Waals surface area contributed by atoms with E-state index in [1.165, 1.54) is 0 Å². The lowest BCUT2D eigenvalue weighted by molar-refractivity contribution is 0.173. The first-order valence-electron chi connectivity index (χ1n) is 4.54. The highest BCUT2D eigenvalue weighted by atomic mass is 79.9. The molecule has 4 nitrogen and oxygen atoms in total. The van der Waals surface area contributed by atoms with E-state index in [2.05, 4.69) is 15.9 Å². The Morgan fingerprint density at radius 2 is 2.07 bits per heavy atom. The number of ether oxygens (including phenoxy) is 2. The summed E-state index contributed by atoms with van der Waals surface area (Å²) in [6, 6.07) is 3.60. The molecule has 82 valence electrons. The molecule has 1 aliphatic heterocycles. The van der Waals surface area contributed by atoms with Crippen LogP contribution in [-0.2, 0) is 5.54 Å². The maximum atomic E-state index is 9.20. The van der Waals surface area contributed by atoms with E-state index in [4.69, 9.17) is 15.2 Å². The summed E-state index contributed by atoms with van der Waals surface area (Å²) in [6.45, 7) is 1.85. The lowest BCUT2D eigenvalue weighted by Crippen LogP contribution is -2.37. The number of halogens is 1. The van der Waals surface area contributed by atoms with Crippen LogP contribution in [0.5, 0.6) is 11.5 Å². The van der Waals surface area contributed by atoms with Crippen LogP contribution in [0.25, 0.3) is 0 Å². The Kier molecular flexibility index (Phi) is 2.62. The van der Waals surface area contributed by atoms with Gasteiger partial charge in [0.1, 0.15) is 0 Å². The average molecular weight is 274 g/mol. The van der Waals surface area contributed by atoms with Crippen molar-refractivity contribution < 1.29 is 14.6 Å². The number of aliphatic hydroxyl groups is 1. The molecule has 1 aromatic carbocycles. The molecule has 0 aromatic heterocycles. The fourth-order valence-electron chi connectivity index (χ4n) is 1.44. The quantitative estimate of drug-likeness (QED) is 0.854. The second-order valence-electron chi connectivity index (χ2n) is 3.76. The zero-order chi connectivity index (χ0) is 11.1. The van der Waals surface area contributed by atoms with Crippen molar-refractivity contribution in [3.63, 3.8) is 0 Å². The maximum Gasteiger partial charge on any atom is 0.231 e. The van der Waals surface area contributed by atoms with Gasteiger partial charge in [-0.15, -0.1) is 0 Å². The van der Waals surface area contributed by atoms with E-state index < -0.39 is 5.54 Å². The van der Waals surface area contributed by atoms with Gasteiger partial charge in [0, 0.05) is 4.47 Å². The highest BCUT2D eigenvalue weighted by Gasteiger charge is 2.26. The van der Waals surface area contributed by atoms with Gasteiger partial charge in [-0.3, -0.25) is 0 Å². The van der Waals surface area contributed by atoms with Gasteiger partial charge >= 0.3 is 0 Å². The molecule has 0 aliphatic carbocycles. The molecule has 0 amide bonds. The van der Waals surface area contributed by atoms with Crippen LogP contribution in [0.3, 0.4) is 0 Å².